The third kappa shape index (κ3) is 5.34. The van der Waals surface area contributed by atoms with E-state index in [1.807, 2.05) is 0 Å². The van der Waals surface area contributed by atoms with Crippen LogP contribution in [0.1, 0.15) is 25.0 Å². The first-order valence-electron chi connectivity index (χ1n) is 6.93. The Bertz CT molecular complexity index is 601. The molecule has 1 N–H and O–H groups in total. The van der Waals surface area contributed by atoms with Crippen LogP contribution in [-0.2, 0) is 12.3 Å². The van der Waals surface area contributed by atoms with Crippen molar-refractivity contribution in [2.45, 2.75) is 37.1 Å². The van der Waals surface area contributed by atoms with Crippen molar-refractivity contribution in [2.75, 3.05) is 0 Å². The molecular formula is C17H19ClFNS. The lowest BCUT2D eigenvalue weighted by Gasteiger charge is -2.09. The first-order chi connectivity index (χ1) is 10.0. The van der Waals surface area contributed by atoms with Crippen LogP contribution >= 0.6 is 23.4 Å². The molecule has 0 amide bonds. The Kier molecular flexibility index (Phi) is 6.09. The van der Waals surface area contributed by atoms with Crippen LogP contribution in [0, 0.1) is 5.82 Å². The Morgan fingerprint density at radius 3 is 2.67 bits per heavy atom. The van der Waals surface area contributed by atoms with Gasteiger partial charge < -0.3 is 5.32 Å². The lowest BCUT2D eigenvalue weighted by molar-refractivity contribution is 0.588. The van der Waals surface area contributed by atoms with E-state index in [0.717, 1.165) is 17.9 Å². The number of rotatable bonds is 6. The molecule has 0 radical (unpaired) electrons. The number of halogens is 2. The smallest absolute Gasteiger partial charge is 0.141 e. The minimum Gasteiger partial charge on any atom is -0.310 e. The van der Waals surface area contributed by atoms with E-state index < -0.39 is 0 Å². The molecule has 0 atom stereocenters. The maximum atomic E-state index is 13.1. The van der Waals surface area contributed by atoms with Crippen LogP contribution < -0.4 is 5.32 Å². The predicted molar refractivity (Wildman–Crippen MR) is 89.4 cm³/mol. The zero-order chi connectivity index (χ0) is 15.2. The van der Waals surface area contributed by atoms with Gasteiger partial charge in [0.25, 0.3) is 0 Å². The topological polar surface area (TPSA) is 12.0 Å². The third-order valence-electron chi connectivity index (χ3n) is 3.00. The van der Waals surface area contributed by atoms with Crippen molar-refractivity contribution in [1.82, 2.24) is 5.32 Å². The van der Waals surface area contributed by atoms with E-state index in [4.69, 9.17) is 11.6 Å². The average Bonchev–Trinajstić information content (AvgIpc) is 2.47. The Balaban J connectivity index is 1.96. The molecule has 1 nitrogen and oxygen atoms in total. The highest BCUT2D eigenvalue weighted by Gasteiger charge is 2.03. The molecule has 0 aliphatic carbocycles. The second-order valence-electron chi connectivity index (χ2n) is 5.22. The minimum absolute atomic E-state index is 0.183. The van der Waals surface area contributed by atoms with Crippen LogP contribution in [0.3, 0.4) is 0 Å². The van der Waals surface area contributed by atoms with Crippen LogP contribution in [0.5, 0.6) is 0 Å². The van der Waals surface area contributed by atoms with Gasteiger partial charge >= 0.3 is 0 Å². The van der Waals surface area contributed by atoms with E-state index >= 15 is 0 Å². The van der Waals surface area contributed by atoms with E-state index in [1.165, 1.54) is 16.5 Å². The molecule has 2 rings (SSSR count). The Hall–Kier alpha value is -1.03. The number of nitrogens with one attached hydrogen (secondary N) is 1. The zero-order valence-corrected chi connectivity index (χ0v) is 13.8. The van der Waals surface area contributed by atoms with E-state index in [9.17, 15) is 4.39 Å². The molecule has 0 aliphatic heterocycles. The van der Waals surface area contributed by atoms with Gasteiger partial charge in [0.05, 0.1) is 5.02 Å². The van der Waals surface area contributed by atoms with Crippen molar-refractivity contribution >= 4 is 23.4 Å². The average molecular weight is 324 g/mol. The molecule has 0 heterocycles. The van der Waals surface area contributed by atoms with Crippen LogP contribution in [0.25, 0.3) is 0 Å². The van der Waals surface area contributed by atoms with Gasteiger partial charge in [-0.15, -0.1) is 11.8 Å². The van der Waals surface area contributed by atoms with Gasteiger partial charge in [-0.1, -0.05) is 43.6 Å². The summed E-state index contributed by atoms with van der Waals surface area (Å²) < 4.78 is 13.1. The van der Waals surface area contributed by atoms with E-state index in [2.05, 4.69) is 43.4 Å². The maximum Gasteiger partial charge on any atom is 0.141 e. The first kappa shape index (κ1) is 16.3. The van der Waals surface area contributed by atoms with Crippen LogP contribution in [0.4, 0.5) is 4.39 Å². The van der Waals surface area contributed by atoms with Gasteiger partial charge in [0, 0.05) is 23.2 Å². The molecule has 0 aliphatic rings. The third-order valence-corrected chi connectivity index (χ3v) is 4.36. The van der Waals surface area contributed by atoms with Gasteiger partial charge in [0.1, 0.15) is 5.82 Å². The van der Waals surface area contributed by atoms with Gasteiger partial charge in [0.15, 0.2) is 0 Å². The molecule has 0 spiro atoms. The van der Waals surface area contributed by atoms with Gasteiger partial charge in [-0.05, 0) is 35.4 Å². The summed E-state index contributed by atoms with van der Waals surface area (Å²) in [5.74, 6) is 0.410. The summed E-state index contributed by atoms with van der Waals surface area (Å²) in [5, 5.41) is 3.59. The molecule has 2 aromatic rings. The summed E-state index contributed by atoms with van der Waals surface area (Å²) >= 11 is 7.53. The standard InChI is InChI=1S/C17H19ClFNS/c1-12(2)20-10-13-4-3-5-15(8-13)21-11-14-6-7-17(19)16(18)9-14/h3-9,12,20H,10-11H2,1-2H3. The van der Waals surface area contributed by atoms with Gasteiger partial charge in [-0.2, -0.15) is 0 Å². The highest BCUT2D eigenvalue weighted by atomic mass is 35.5. The van der Waals surface area contributed by atoms with E-state index in [0.29, 0.717) is 6.04 Å². The second kappa shape index (κ2) is 7.83. The molecule has 0 aromatic heterocycles. The Morgan fingerprint density at radius 1 is 1.14 bits per heavy atom. The van der Waals surface area contributed by atoms with Crippen LogP contribution in [-0.4, -0.2) is 6.04 Å². The first-order valence-corrected chi connectivity index (χ1v) is 8.30. The quantitative estimate of drug-likeness (QED) is 0.727. The molecule has 0 saturated carbocycles. The fourth-order valence-corrected chi connectivity index (χ4v) is 2.99. The van der Waals surface area contributed by atoms with Gasteiger partial charge in [-0.3, -0.25) is 0 Å². The van der Waals surface area contributed by atoms with Crippen molar-refractivity contribution in [2.24, 2.45) is 0 Å². The van der Waals surface area contributed by atoms with E-state index in [1.54, 1.807) is 23.9 Å². The summed E-state index contributed by atoms with van der Waals surface area (Å²) in [6, 6.07) is 13.8. The molecule has 4 heteroatoms. The molecular weight excluding hydrogens is 305 g/mol. The second-order valence-corrected chi connectivity index (χ2v) is 6.68. The zero-order valence-electron chi connectivity index (χ0n) is 12.2. The molecule has 0 saturated heterocycles. The van der Waals surface area contributed by atoms with Gasteiger partial charge in [-0.25, -0.2) is 4.39 Å². The number of benzene rings is 2. The van der Waals surface area contributed by atoms with Crippen molar-refractivity contribution < 1.29 is 4.39 Å². The maximum absolute atomic E-state index is 13.1. The monoisotopic (exact) mass is 323 g/mol. The lowest BCUT2D eigenvalue weighted by atomic mass is 10.2. The van der Waals surface area contributed by atoms with Crippen LogP contribution in [0.15, 0.2) is 47.4 Å². The molecule has 112 valence electrons. The molecule has 0 fully saturated rings. The van der Waals surface area contributed by atoms with Crippen molar-refractivity contribution in [3.8, 4) is 0 Å². The lowest BCUT2D eigenvalue weighted by Crippen LogP contribution is -2.21. The minimum atomic E-state index is -0.368. The summed E-state index contributed by atoms with van der Waals surface area (Å²) in [4.78, 5) is 1.21. The highest BCUT2D eigenvalue weighted by molar-refractivity contribution is 7.98. The van der Waals surface area contributed by atoms with Crippen molar-refractivity contribution in [3.63, 3.8) is 0 Å². The number of thioether (sulfide) groups is 1. The number of hydrogen-bond donors (Lipinski definition) is 1. The molecule has 21 heavy (non-hydrogen) atoms. The summed E-state index contributed by atoms with van der Waals surface area (Å²) in [6.07, 6.45) is 0. The van der Waals surface area contributed by atoms with Crippen molar-refractivity contribution in [3.05, 3.63) is 64.4 Å². The number of hydrogen-bond acceptors (Lipinski definition) is 2. The van der Waals surface area contributed by atoms with E-state index in [-0.39, 0.29) is 10.8 Å². The largest absolute Gasteiger partial charge is 0.310 e. The SMILES string of the molecule is CC(C)NCc1cccc(SCc2ccc(F)c(Cl)c2)c1. The molecule has 0 unspecified atom stereocenters. The fraction of sp³-hybridized carbons (Fsp3) is 0.294. The Labute approximate surface area is 134 Å². The van der Waals surface area contributed by atoms with Crippen molar-refractivity contribution in [1.29, 1.82) is 0 Å². The predicted octanol–water partition coefficient (Wildman–Crippen LogP) is 5.27. The summed E-state index contributed by atoms with van der Waals surface area (Å²) in [5.41, 5.74) is 2.29. The van der Waals surface area contributed by atoms with Gasteiger partial charge in [0.2, 0.25) is 0 Å². The molecule has 2 aromatic carbocycles. The fourth-order valence-electron chi connectivity index (χ4n) is 1.86. The summed E-state index contributed by atoms with van der Waals surface area (Å²) in [6.45, 7) is 5.14. The normalized spacial score (nSPS) is 11.1. The Morgan fingerprint density at radius 2 is 1.95 bits per heavy atom. The molecule has 0 bridgehead atoms. The van der Waals surface area contributed by atoms with Crippen LogP contribution in [0.2, 0.25) is 5.02 Å². The summed E-state index contributed by atoms with van der Waals surface area (Å²) in [7, 11) is 0. The highest BCUT2D eigenvalue weighted by Crippen LogP contribution is 2.25.